The molecule has 0 aliphatic carbocycles. The number of hydrogen-bond donors (Lipinski definition) is 0. The first-order valence-corrected chi connectivity index (χ1v) is 4.72. The summed E-state index contributed by atoms with van der Waals surface area (Å²) in [5.74, 6) is 0.420. The molecule has 0 spiro atoms. The predicted octanol–water partition coefficient (Wildman–Crippen LogP) is 1.60. The Bertz CT molecular complexity index is 577. The molecule has 2 aromatic rings. The van der Waals surface area contributed by atoms with Gasteiger partial charge in [0, 0.05) is 12.1 Å². The Labute approximate surface area is 91.0 Å². The second-order valence-corrected chi connectivity index (χ2v) is 3.56. The lowest BCUT2D eigenvalue weighted by Crippen LogP contribution is -2.20. The molecule has 0 amide bonds. The number of methoxy groups -OCH3 is 1. The quantitative estimate of drug-likeness (QED) is 0.739. The lowest BCUT2D eigenvalue weighted by molar-refractivity contribution is 0.388. The molecule has 0 radical (unpaired) electrons. The molecule has 1 aromatic carbocycles. The molecule has 1 heterocycles. The molecular weight excluding hydrogens is 216 g/mol. The largest absolute Gasteiger partial charge is 0.480 e. The van der Waals surface area contributed by atoms with E-state index in [-0.39, 0.29) is 5.56 Å². The van der Waals surface area contributed by atoms with Crippen LogP contribution in [0.3, 0.4) is 0 Å². The summed E-state index contributed by atoms with van der Waals surface area (Å²) in [7, 11) is 3.09. The third-order valence-electron chi connectivity index (χ3n) is 2.17. The van der Waals surface area contributed by atoms with Gasteiger partial charge in [-0.15, -0.1) is 5.10 Å². The first-order valence-electron chi connectivity index (χ1n) is 4.34. The predicted molar refractivity (Wildman–Crippen MR) is 58.5 cm³/mol. The molecule has 0 bridgehead atoms. The highest BCUT2D eigenvalue weighted by molar-refractivity contribution is 6.31. The SMILES string of the molecule is COc1nn(C)c(=O)c2cc(Cl)ccc12. The smallest absolute Gasteiger partial charge is 0.274 e. The highest BCUT2D eigenvalue weighted by Gasteiger charge is 2.08. The fraction of sp³-hybridized carbons (Fsp3) is 0.200. The Morgan fingerprint density at radius 2 is 2.13 bits per heavy atom. The average Bonchev–Trinajstić information content (AvgIpc) is 2.23. The maximum absolute atomic E-state index is 11.7. The summed E-state index contributed by atoms with van der Waals surface area (Å²) < 4.78 is 6.32. The van der Waals surface area contributed by atoms with E-state index >= 15 is 0 Å². The molecule has 0 aliphatic heterocycles. The van der Waals surface area contributed by atoms with Crippen LogP contribution in [0.25, 0.3) is 10.8 Å². The number of benzene rings is 1. The van der Waals surface area contributed by atoms with Crippen molar-refractivity contribution in [3.8, 4) is 5.88 Å². The average molecular weight is 225 g/mol. The molecule has 0 unspecified atom stereocenters. The van der Waals surface area contributed by atoms with E-state index in [1.807, 2.05) is 0 Å². The van der Waals surface area contributed by atoms with Crippen LogP contribution in [0.2, 0.25) is 5.02 Å². The lowest BCUT2D eigenvalue weighted by Gasteiger charge is -2.06. The van der Waals surface area contributed by atoms with Crippen LogP contribution >= 0.6 is 11.6 Å². The van der Waals surface area contributed by atoms with E-state index in [4.69, 9.17) is 16.3 Å². The van der Waals surface area contributed by atoms with E-state index in [0.29, 0.717) is 21.7 Å². The molecule has 0 saturated carbocycles. The van der Waals surface area contributed by atoms with Crippen molar-refractivity contribution in [3.05, 3.63) is 33.6 Å². The van der Waals surface area contributed by atoms with Gasteiger partial charge in [-0.1, -0.05) is 11.6 Å². The van der Waals surface area contributed by atoms with Gasteiger partial charge in [0.2, 0.25) is 5.88 Å². The fourth-order valence-electron chi connectivity index (χ4n) is 1.44. The number of hydrogen-bond acceptors (Lipinski definition) is 3. The normalized spacial score (nSPS) is 10.6. The molecule has 0 saturated heterocycles. The van der Waals surface area contributed by atoms with Gasteiger partial charge >= 0.3 is 0 Å². The van der Waals surface area contributed by atoms with Crippen LogP contribution in [0.5, 0.6) is 5.88 Å². The molecule has 5 heteroatoms. The van der Waals surface area contributed by atoms with Crippen LogP contribution in [0, 0.1) is 0 Å². The molecule has 4 nitrogen and oxygen atoms in total. The van der Waals surface area contributed by atoms with E-state index in [2.05, 4.69) is 5.10 Å². The van der Waals surface area contributed by atoms with Crippen molar-refractivity contribution >= 4 is 22.4 Å². The zero-order valence-corrected chi connectivity index (χ0v) is 9.08. The van der Waals surface area contributed by atoms with Gasteiger partial charge in [-0.05, 0) is 18.2 Å². The van der Waals surface area contributed by atoms with Crippen LogP contribution in [0.4, 0.5) is 0 Å². The monoisotopic (exact) mass is 224 g/mol. The molecule has 15 heavy (non-hydrogen) atoms. The third-order valence-corrected chi connectivity index (χ3v) is 2.41. The summed E-state index contributed by atoms with van der Waals surface area (Å²) in [6.45, 7) is 0. The van der Waals surface area contributed by atoms with Crippen LogP contribution in [0.15, 0.2) is 23.0 Å². The Kier molecular flexibility index (Phi) is 2.36. The summed E-state index contributed by atoms with van der Waals surface area (Å²) in [5, 5.41) is 5.69. The van der Waals surface area contributed by atoms with Gasteiger partial charge in [-0.25, -0.2) is 4.68 Å². The van der Waals surface area contributed by atoms with Crippen molar-refractivity contribution in [1.82, 2.24) is 9.78 Å². The van der Waals surface area contributed by atoms with Crippen LogP contribution < -0.4 is 10.3 Å². The topological polar surface area (TPSA) is 44.1 Å². The Morgan fingerprint density at radius 3 is 2.80 bits per heavy atom. The Balaban J connectivity index is 2.96. The van der Waals surface area contributed by atoms with Crippen LogP contribution in [0.1, 0.15) is 0 Å². The number of halogens is 1. The second kappa shape index (κ2) is 3.55. The minimum atomic E-state index is -0.187. The van der Waals surface area contributed by atoms with E-state index in [0.717, 1.165) is 0 Å². The van der Waals surface area contributed by atoms with Crippen molar-refractivity contribution in [3.63, 3.8) is 0 Å². The number of aryl methyl sites for hydroxylation is 1. The van der Waals surface area contributed by atoms with Crippen molar-refractivity contribution in [2.45, 2.75) is 0 Å². The zero-order valence-electron chi connectivity index (χ0n) is 8.32. The van der Waals surface area contributed by atoms with Gasteiger partial charge < -0.3 is 4.74 Å². The number of rotatable bonds is 1. The van der Waals surface area contributed by atoms with E-state index in [9.17, 15) is 4.79 Å². The number of fused-ring (bicyclic) bond motifs is 1. The van der Waals surface area contributed by atoms with Crippen molar-refractivity contribution in [1.29, 1.82) is 0 Å². The molecule has 1 aromatic heterocycles. The maximum Gasteiger partial charge on any atom is 0.274 e. The van der Waals surface area contributed by atoms with Gasteiger partial charge in [0.15, 0.2) is 0 Å². The highest BCUT2D eigenvalue weighted by atomic mass is 35.5. The molecule has 2 rings (SSSR count). The molecule has 0 atom stereocenters. The van der Waals surface area contributed by atoms with Crippen LogP contribution in [-0.4, -0.2) is 16.9 Å². The van der Waals surface area contributed by atoms with Crippen molar-refractivity contribution in [2.75, 3.05) is 7.11 Å². The lowest BCUT2D eigenvalue weighted by atomic mass is 10.2. The standard InChI is InChI=1S/C10H9ClN2O2/c1-13-10(14)8-5-6(11)3-4-7(8)9(12-13)15-2/h3-5H,1-2H3. The summed E-state index contributed by atoms with van der Waals surface area (Å²) in [6, 6.07) is 5.04. The Hall–Kier alpha value is -1.55. The summed E-state index contributed by atoms with van der Waals surface area (Å²) in [5.41, 5.74) is -0.187. The van der Waals surface area contributed by atoms with Crippen LogP contribution in [-0.2, 0) is 7.05 Å². The van der Waals surface area contributed by atoms with E-state index in [1.54, 1.807) is 25.2 Å². The van der Waals surface area contributed by atoms with Gasteiger partial charge in [0.25, 0.3) is 5.56 Å². The van der Waals surface area contributed by atoms with Gasteiger partial charge in [0.05, 0.1) is 17.9 Å². The number of nitrogens with zero attached hydrogens (tertiary/aromatic N) is 2. The van der Waals surface area contributed by atoms with Gasteiger partial charge in [-0.3, -0.25) is 4.79 Å². The Morgan fingerprint density at radius 1 is 1.40 bits per heavy atom. The fourth-order valence-corrected chi connectivity index (χ4v) is 1.61. The summed E-state index contributed by atoms with van der Waals surface area (Å²) in [4.78, 5) is 11.7. The molecule has 0 fully saturated rings. The summed E-state index contributed by atoms with van der Waals surface area (Å²) >= 11 is 5.83. The second-order valence-electron chi connectivity index (χ2n) is 3.13. The first-order chi connectivity index (χ1) is 7.13. The van der Waals surface area contributed by atoms with Gasteiger partial charge in [0.1, 0.15) is 0 Å². The minimum Gasteiger partial charge on any atom is -0.480 e. The molecule has 78 valence electrons. The summed E-state index contributed by atoms with van der Waals surface area (Å²) in [6.07, 6.45) is 0. The van der Waals surface area contributed by atoms with E-state index in [1.165, 1.54) is 11.8 Å². The molecular formula is C10H9ClN2O2. The van der Waals surface area contributed by atoms with Crippen molar-refractivity contribution < 1.29 is 4.74 Å². The molecule has 0 aliphatic rings. The molecule has 0 N–H and O–H groups in total. The number of ether oxygens (including phenoxy) is 1. The number of aromatic nitrogens is 2. The van der Waals surface area contributed by atoms with Gasteiger partial charge in [-0.2, -0.15) is 0 Å². The highest BCUT2D eigenvalue weighted by Crippen LogP contribution is 2.22. The van der Waals surface area contributed by atoms with E-state index < -0.39 is 0 Å². The minimum absolute atomic E-state index is 0.187. The zero-order chi connectivity index (χ0) is 11.0. The van der Waals surface area contributed by atoms with Crippen molar-refractivity contribution in [2.24, 2.45) is 7.05 Å². The third kappa shape index (κ3) is 1.57. The maximum atomic E-state index is 11.7. The first kappa shape index (κ1) is 9.98.